The molecule has 1 amide bonds. The Morgan fingerprint density at radius 3 is 2.11 bits per heavy atom. The number of ether oxygens (including phenoxy) is 1. The molecule has 0 aromatic heterocycles. The highest BCUT2D eigenvalue weighted by molar-refractivity contribution is 7.89. The van der Waals surface area contributed by atoms with Crippen LogP contribution in [0.3, 0.4) is 0 Å². The highest BCUT2D eigenvalue weighted by Gasteiger charge is 2.21. The normalized spacial score (nSPS) is 12.6. The van der Waals surface area contributed by atoms with Gasteiger partial charge in [0.2, 0.25) is 10.0 Å². The topological polar surface area (TPSA) is 75.7 Å². The van der Waals surface area contributed by atoms with Gasteiger partial charge in [-0.3, -0.25) is 4.79 Å². The largest absolute Gasteiger partial charge is 0.481 e. The van der Waals surface area contributed by atoms with Crippen LogP contribution in [0.25, 0.3) is 0 Å². The number of carbonyl (C=O) groups excluding carboxylic acids is 1. The fourth-order valence-electron chi connectivity index (χ4n) is 2.54. The molecule has 6 nitrogen and oxygen atoms in total. The second-order valence-electron chi connectivity index (χ2n) is 6.18. The number of carbonyl (C=O) groups is 1. The van der Waals surface area contributed by atoms with E-state index < -0.39 is 16.1 Å². The Morgan fingerprint density at radius 1 is 1.04 bits per heavy atom. The van der Waals surface area contributed by atoms with Crippen LogP contribution in [0.5, 0.6) is 5.75 Å². The van der Waals surface area contributed by atoms with Gasteiger partial charge in [0, 0.05) is 18.8 Å². The molecule has 0 bridgehead atoms. The minimum Gasteiger partial charge on any atom is -0.481 e. The van der Waals surface area contributed by atoms with Crippen LogP contribution < -0.4 is 10.1 Å². The van der Waals surface area contributed by atoms with Crippen LogP contribution in [0.1, 0.15) is 26.3 Å². The fourth-order valence-corrected chi connectivity index (χ4v) is 4.00. The van der Waals surface area contributed by atoms with Gasteiger partial charge in [-0.2, -0.15) is 4.31 Å². The first-order valence-corrected chi connectivity index (χ1v) is 10.4. The van der Waals surface area contributed by atoms with Crippen LogP contribution >= 0.6 is 0 Å². The van der Waals surface area contributed by atoms with Gasteiger partial charge in [0.05, 0.1) is 4.90 Å². The van der Waals surface area contributed by atoms with E-state index in [2.05, 4.69) is 5.32 Å². The first kappa shape index (κ1) is 20.9. The number of nitrogens with zero attached hydrogens (tertiary/aromatic N) is 1. The average molecular weight is 391 g/mol. The number of hydrogen-bond donors (Lipinski definition) is 1. The molecular formula is C20H26N2O4S. The van der Waals surface area contributed by atoms with Crippen molar-refractivity contribution in [2.24, 2.45) is 0 Å². The monoisotopic (exact) mass is 390 g/mol. The summed E-state index contributed by atoms with van der Waals surface area (Å²) in [5.41, 5.74) is 1.62. The van der Waals surface area contributed by atoms with Crippen molar-refractivity contribution in [3.8, 4) is 5.75 Å². The summed E-state index contributed by atoms with van der Waals surface area (Å²) in [6.07, 6.45) is -0.688. The number of amides is 1. The van der Waals surface area contributed by atoms with Crippen molar-refractivity contribution >= 4 is 21.6 Å². The highest BCUT2D eigenvalue weighted by atomic mass is 32.2. The third-order valence-corrected chi connectivity index (χ3v) is 6.23. The molecule has 27 heavy (non-hydrogen) atoms. The van der Waals surface area contributed by atoms with Gasteiger partial charge >= 0.3 is 0 Å². The van der Waals surface area contributed by atoms with Crippen LogP contribution in [0.15, 0.2) is 53.4 Å². The summed E-state index contributed by atoms with van der Waals surface area (Å²) < 4.78 is 32.0. The molecule has 2 aromatic carbocycles. The van der Waals surface area contributed by atoms with Gasteiger partial charge in [-0.15, -0.1) is 0 Å². The molecule has 0 fully saturated rings. The van der Waals surface area contributed by atoms with E-state index in [1.54, 1.807) is 32.9 Å². The van der Waals surface area contributed by atoms with E-state index >= 15 is 0 Å². The van der Waals surface area contributed by atoms with Crippen LogP contribution in [-0.4, -0.2) is 37.8 Å². The van der Waals surface area contributed by atoms with Crippen LogP contribution in [0.2, 0.25) is 0 Å². The number of hydrogen-bond acceptors (Lipinski definition) is 4. The number of nitrogens with one attached hydrogen (secondary N) is 1. The van der Waals surface area contributed by atoms with E-state index in [1.165, 1.54) is 16.4 Å². The number of rotatable bonds is 8. The molecule has 0 saturated heterocycles. The zero-order valence-electron chi connectivity index (χ0n) is 16.1. The lowest BCUT2D eigenvalue weighted by Gasteiger charge is -2.19. The Kier molecular flexibility index (Phi) is 6.98. The second-order valence-corrected chi connectivity index (χ2v) is 8.11. The predicted octanol–water partition coefficient (Wildman–Crippen LogP) is 3.43. The summed E-state index contributed by atoms with van der Waals surface area (Å²) in [4.78, 5) is 12.5. The second kappa shape index (κ2) is 9.01. The van der Waals surface area contributed by atoms with Crippen LogP contribution in [-0.2, 0) is 14.8 Å². The molecule has 1 atom stereocenters. The lowest BCUT2D eigenvalue weighted by Crippen LogP contribution is -2.31. The molecule has 0 aliphatic heterocycles. The molecule has 0 radical (unpaired) electrons. The van der Waals surface area contributed by atoms with E-state index in [9.17, 15) is 13.2 Å². The summed E-state index contributed by atoms with van der Waals surface area (Å²) in [6.45, 7) is 8.05. The molecule has 0 unspecified atom stereocenters. The molecule has 146 valence electrons. The third-order valence-electron chi connectivity index (χ3n) is 4.17. The first-order chi connectivity index (χ1) is 12.8. The maximum absolute atomic E-state index is 12.5. The minimum absolute atomic E-state index is 0.202. The number of anilines is 1. The maximum Gasteiger partial charge on any atom is 0.265 e. The zero-order valence-corrected chi connectivity index (χ0v) is 16.9. The van der Waals surface area contributed by atoms with Gasteiger partial charge in [-0.25, -0.2) is 8.42 Å². The number of sulfonamides is 1. The van der Waals surface area contributed by atoms with E-state index in [0.29, 0.717) is 24.5 Å². The summed E-state index contributed by atoms with van der Waals surface area (Å²) in [5, 5.41) is 2.74. The molecule has 0 aliphatic carbocycles. The Balaban J connectivity index is 2.03. The molecule has 0 spiro atoms. The molecule has 0 heterocycles. The molecule has 1 N–H and O–H groups in total. The molecule has 2 rings (SSSR count). The smallest absolute Gasteiger partial charge is 0.265 e. The van der Waals surface area contributed by atoms with Crippen molar-refractivity contribution in [2.45, 2.75) is 38.7 Å². The standard InChI is InChI=1S/C20H26N2O4S/c1-5-22(6-2)27(24,25)19-13-9-17(10-14-19)21-20(23)16(4)26-18-11-7-15(3)8-12-18/h7-14,16H,5-6H2,1-4H3,(H,21,23)/t16-/m1/s1. The van der Waals surface area contributed by atoms with Crippen molar-refractivity contribution in [3.05, 3.63) is 54.1 Å². The molecule has 7 heteroatoms. The first-order valence-electron chi connectivity index (χ1n) is 8.92. The van der Waals surface area contributed by atoms with Crippen LogP contribution in [0.4, 0.5) is 5.69 Å². The van der Waals surface area contributed by atoms with Crippen molar-refractivity contribution < 1.29 is 17.9 Å². The van der Waals surface area contributed by atoms with E-state index in [0.717, 1.165) is 5.56 Å². The van der Waals surface area contributed by atoms with Gasteiger partial charge in [-0.1, -0.05) is 31.5 Å². The molecule has 0 aliphatic rings. The van der Waals surface area contributed by atoms with Crippen molar-refractivity contribution in [1.82, 2.24) is 4.31 Å². The Bertz CT molecular complexity index is 858. The Labute approximate surface area is 161 Å². The maximum atomic E-state index is 12.5. The molecule has 2 aromatic rings. The minimum atomic E-state index is -3.51. The number of aryl methyl sites for hydroxylation is 1. The average Bonchev–Trinajstić information content (AvgIpc) is 2.64. The number of benzene rings is 2. The Morgan fingerprint density at radius 2 is 1.59 bits per heavy atom. The fraction of sp³-hybridized carbons (Fsp3) is 0.350. The van der Waals surface area contributed by atoms with Crippen molar-refractivity contribution in [2.75, 3.05) is 18.4 Å². The summed E-state index contributed by atoms with van der Waals surface area (Å²) in [6, 6.07) is 13.6. The van der Waals surface area contributed by atoms with Gasteiger partial charge in [-0.05, 0) is 50.2 Å². The quantitative estimate of drug-likeness (QED) is 0.749. The van der Waals surface area contributed by atoms with Crippen molar-refractivity contribution in [1.29, 1.82) is 0 Å². The summed E-state index contributed by atoms with van der Waals surface area (Å²) >= 11 is 0. The van der Waals surface area contributed by atoms with Gasteiger partial charge in [0.15, 0.2) is 6.10 Å². The van der Waals surface area contributed by atoms with Crippen molar-refractivity contribution in [3.63, 3.8) is 0 Å². The summed E-state index contributed by atoms with van der Waals surface area (Å²) in [7, 11) is -3.51. The SMILES string of the molecule is CCN(CC)S(=O)(=O)c1ccc(NC(=O)[C@@H](C)Oc2ccc(C)cc2)cc1. The van der Waals surface area contributed by atoms with E-state index in [4.69, 9.17) is 4.74 Å². The molecular weight excluding hydrogens is 364 g/mol. The van der Waals surface area contributed by atoms with E-state index in [1.807, 2.05) is 31.2 Å². The summed E-state index contributed by atoms with van der Waals surface area (Å²) in [5.74, 6) is 0.304. The third kappa shape index (κ3) is 5.30. The van der Waals surface area contributed by atoms with Gasteiger partial charge in [0.25, 0.3) is 5.91 Å². The van der Waals surface area contributed by atoms with Gasteiger partial charge < -0.3 is 10.1 Å². The molecule has 0 saturated carbocycles. The zero-order chi connectivity index (χ0) is 20.0. The van der Waals surface area contributed by atoms with Gasteiger partial charge in [0.1, 0.15) is 5.75 Å². The van der Waals surface area contributed by atoms with E-state index in [-0.39, 0.29) is 10.8 Å². The lowest BCUT2D eigenvalue weighted by molar-refractivity contribution is -0.122. The highest BCUT2D eigenvalue weighted by Crippen LogP contribution is 2.19. The predicted molar refractivity (Wildman–Crippen MR) is 106 cm³/mol. The Hall–Kier alpha value is -2.38. The lowest BCUT2D eigenvalue weighted by atomic mass is 10.2. The van der Waals surface area contributed by atoms with Crippen LogP contribution in [0, 0.1) is 6.92 Å².